The minimum atomic E-state index is 0.586. The van der Waals surface area contributed by atoms with Crippen LogP contribution in [0.15, 0.2) is 36.8 Å². The Kier molecular flexibility index (Phi) is 3.09. The van der Waals surface area contributed by atoms with Crippen molar-refractivity contribution >= 4 is 0 Å². The number of aryl methyl sites for hydroxylation is 1. The maximum atomic E-state index is 4.33. The number of benzene rings is 1. The minimum Gasteiger partial charge on any atom is -0.306 e. The number of rotatable bonds is 3. The van der Waals surface area contributed by atoms with Gasteiger partial charge in [-0.25, -0.2) is 4.98 Å². The third kappa shape index (κ3) is 2.16. The van der Waals surface area contributed by atoms with E-state index < -0.39 is 0 Å². The van der Waals surface area contributed by atoms with Gasteiger partial charge in [-0.15, -0.1) is 0 Å². The summed E-state index contributed by atoms with van der Waals surface area (Å²) in [4.78, 5) is 4.33. The molecule has 0 N–H and O–H groups in total. The van der Waals surface area contributed by atoms with Crippen molar-refractivity contribution in [1.82, 2.24) is 9.55 Å². The van der Waals surface area contributed by atoms with Gasteiger partial charge >= 0.3 is 0 Å². The van der Waals surface area contributed by atoms with Crippen molar-refractivity contribution in [2.24, 2.45) is 0 Å². The molecular formula is C14H18N2. The van der Waals surface area contributed by atoms with Crippen molar-refractivity contribution in [3.63, 3.8) is 0 Å². The molecule has 0 radical (unpaired) electrons. The lowest BCUT2D eigenvalue weighted by molar-refractivity contribution is 0.865. The van der Waals surface area contributed by atoms with Crippen molar-refractivity contribution in [2.45, 2.75) is 33.1 Å². The maximum absolute atomic E-state index is 4.33. The molecule has 0 unspecified atom stereocenters. The highest BCUT2D eigenvalue weighted by molar-refractivity contribution is 5.36. The Morgan fingerprint density at radius 1 is 1.19 bits per heavy atom. The Labute approximate surface area is 97.0 Å². The zero-order valence-corrected chi connectivity index (χ0v) is 10.1. The van der Waals surface area contributed by atoms with Crippen LogP contribution in [-0.4, -0.2) is 9.55 Å². The van der Waals surface area contributed by atoms with Crippen LogP contribution < -0.4 is 0 Å². The van der Waals surface area contributed by atoms with Gasteiger partial charge in [0.1, 0.15) is 0 Å². The molecule has 0 amide bonds. The van der Waals surface area contributed by atoms with E-state index in [4.69, 9.17) is 0 Å². The monoisotopic (exact) mass is 214 g/mol. The molecule has 2 aromatic rings. The van der Waals surface area contributed by atoms with Gasteiger partial charge in [0.05, 0.1) is 12.0 Å². The third-order valence-electron chi connectivity index (χ3n) is 2.86. The number of aromatic nitrogens is 2. The van der Waals surface area contributed by atoms with Crippen molar-refractivity contribution in [2.75, 3.05) is 0 Å². The van der Waals surface area contributed by atoms with E-state index in [-0.39, 0.29) is 0 Å². The van der Waals surface area contributed by atoms with Gasteiger partial charge in [0.2, 0.25) is 0 Å². The highest BCUT2D eigenvalue weighted by atomic mass is 15.0. The zero-order chi connectivity index (χ0) is 11.5. The van der Waals surface area contributed by atoms with Crippen LogP contribution in [0.5, 0.6) is 0 Å². The standard InChI is InChI=1S/C14H18N2/c1-4-13-9-16(10-15-13)14-7-5-12(6-8-14)11(2)3/h5-11H,4H2,1-3H3. The molecule has 0 aliphatic heterocycles. The molecule has 0 atom stereocenters. The normalized spacial score (nSPS) is 11.0. The molecule has 0 fully saturated rings. The van der Waals surface area contributed by atoms with Gasteiger partial charge in [0, 0.05) is 11.9 Å². The average Bonchev–Trinajstić information content (AvgIpc) is 2.77. The molecule has 1 aromatic heterocycles. The van der Waals surface area contributed by atoms with Crippen LogP contribution in [0.1, 0.15) is 37.9 Å². The van der Waals surface area contributed by atoms with Gasteiger partial charge < -0.3 is 4.57 Å². The summed E-state index contributed by atoms with van der Waals surface area (Å²) in [6.07, 6.45) is 4.95. The fourth-order valence-electron chi connectivity index (χ4n) is 1.72. The van der Waals surface area contributed by atoms with Crippen LogP contribution in [-0.2, 0) is 6.42 Å². The first-order valence-corrected chi connectivity index (χ1v) is 5.84. The zero-order valence-electron chi connectivity index (χ0n) is 10.1. The predicted octanol–water partition coefficient (Wildman–Crippen LogP) is 3.56. The molecular weight excluding hydrogens is 196 g/mol. The smallest absolute Gasteiger partial charge is 0.0995 e. The topological polar surface area (TPSA) is 17.8 Å². The van der Waals surface area contributed by atoms with Crippen LogP contribution in [0.3, 0.4) is 0 Å². The molecule has 0 aliphatic carbocycles. The number of imidazole rings is 1. The van der Waals surface area contributed by atoms with Crippen molar-refractivity contribution in [3.05, 3.63) is 48.0 Å². The van der Waals surface area contributed by atoms with Crippen molar-refractivity contribution in [3.8, 4) is 5.69 Å². The molecule has 1 aromatic carbocycles. The summed E-state index contributed by atoms with van der Waals surface area (Å²) >= 11 is 0. The van der Waals surface area contributed by atoms with Crippen LogP contribution in [0.4, 0.5) is 0 Å². The summed E-state index contributed by atoms with van der Waals surface area (Å²) in [5.41, 5.74) is 3.68. The Morgan fingerprint density at radius 2 is 1.88 bits per heavy atom. The van der Waals surface area contributed by atoms with Crippen LogP contribution in [0.2, 0.25) is 0 Å². The summed E-state index contributed by atoms with van der Waals surface area (Å²) in [5.74, 6) is 0.586. The Balaban J connectivity index is 2.27. The molecule has 0 aliphatic rings. The van der Waals surface area contributed by atoms with E-state index >= 15 is 0 Å². The van der Waals surface area contributed by atoms with Crippen LogP contribution >= 0.6 is 0 Å². The molecule has 2 rings (SSSR count). The van der Waals surface area contributed by atoms with E-state index in [1.165, 1.54) is 11.3 Å². The molecule has 2 heteroatoms. The molecule has 16 heavy (non-hydrogen) atoms. The second-order valence-electron chi connectivity index (χ2n) is 4.37. The number of hydrogen-bond acceptors (Lipinski definition) is 1. The number of hydrogen-bond donors (Lipinski definition) is 0. The van der Waals surface area contributed by atoms with Crippen molar-refractivity contribution < 1.29 is 0 Å². The highest BCUT2D eigenvalue weighted by Gasteiger charge is 2.01. The Bertz CT molecular complexity index is 452. The molecule has 1 heterocycles. The molecule has 84 valence electrons. The molecule has 0 saturated heterocycles. The fraction of sp³-hybridized carbons (Fsp3) is 0.357. The quantitative estimate of drug-likeness (QED) is 0.764. The summed E-state index contributed by atoms with van der Waals surface area (Å²) < 4.78 is 2.07. The second kappa shape index (κ2) is 4.52. The van der Waals surface area contributed by atoms with Crippen LogP contribution in [0, 0.1) is 0 Å². The molecule has 0 saturated carbocycles. The van der Waals surface area contributed by atoms with Crippen molar-refractivity contribution in [1.29, 1.82) is 0 Å². The van der Waals surface area contributed by atoms with Gasteiger partial charge in [0.15, 0.2) is 0 Å². The summed E-state index contributed by atoms with van der Waals surface area (Å²) in [7, 11) is 0. The van der Waals surface area contributed by atoms with E-state index in [0.717, 1.165) is 12.1 Å². The predicted molar refractivity (Wildman–Crippen MR) is 67.0 cm³/mol. The van der Waals surface area contributed by atoms with E-state index in [0.29, 0.717) is 5.92 Å². The first-order valence-electron chi connectivity index (χ1n) is 5.84. The maximum Gasteiger partial charge on any atom is 0.0995 e. The van der Waals surface area contributed by atoms with E-state index in [2.05, 4.69) is 60.8 Å². The highest BCUT2D eigenvalue weighted by Crippen LogP contribution is 2.17. The third-order valence-corrected chi connectivity index (χ3v) is 2.86. The Hall–Kier alpha value is -1.57. The minimum absolute atomic E-state index is 0.586. The van der Waals surface area contributed by atoms with Gasteiger partial charge in [-0.3, -0.25) is 0 Å². The second-order valence-corrected chi connectivity index (χ2v) is 4.37. The van der Waals surface area contributed by atoms with Gasteiger partial charge in [-0.2, -0.15) is 0 Å². The lowest BCUT2D eigenvalue weighted by Gasteiger charge is -2.07. The lowest BCUT2D eigenvalue weighted by atomic mass is 10.0. The van der Waals surface area contributed by atoms with Gasteiger partial charge in [0.25, 0.3) is 0 Å². The lowest BCUT2D eigenvalue weighted by Crippen LogP contribution is -1.92. The van der Waals surface area contributed by atoms with Gasteiger partial charge in [-0.1, -0.05) is 32.9 Å². The summed E-state index contributed by atoms with van der Waals surface area (Å²) in [6.45, 7) is 6.54. The summed E-state index contributed by atoms with van der Waals surface area (Å²) in [5, 5.41) is 0. The average molecular weight is 214 g/mol. The van der Waals surface area contributed by atoms with Gasteiger partial charge in [-0.05, 0) is 30.0 Å². The first-order chi connectivity index (χ1) is 7.70. The molecule has 0 bridgehead atoms. The van der Waals surface area contributed by atoms with Crippen LogP contribution in [0.25, 0.3) is 5.69 Å². The molecule has 2 nitrogen and oxygen atoms in total. The SMILES string of the molecule is CCc1cn(-c2ccc(C(C)C)cc2)cn1. The fourth-order valence-corrected chi connectivity index (χ4v) is 1.72. The largest absolute Gasteiger partial charge is 0.306 e. The number of nitrogens with zero attached hydrogens (tertiary/aromatic N) is 2. The molecule has 0 spiro atoms. The van der Waals surface area contributed by atoms with E-state index in [1.807, 2.05) is 6.33 Å². The first kappa shape index (κ1) is 10.9. The Morgan fingerprint density at radius 3 is 2.38 bits per heavy atom. The van der Waals surface area contributed by atoms with E-state index in [1.54, 1.807) is 0 Å². The van der Waals surface area contributed by atoms with E-state index in [9.17, 15) is 0 Å². The summed E-state index contributed by atoms with van der Waals surface area (Å²) in [6, 6.07) is 8.67.